The third-order valence-electron chi connectivity index (χ3n) is 9.71. The number of aromatic nitrogens is 3. The molecule has 1 aliphatic heterocycles. The first-order valence-corrected chi connectivity index (χ1v) is 15.8. The van der Waals surface area contributed by atoms with Gasteiger partial charge in [0.1, 0.15) is 34.1 Å². The Bertz CT molecular complexity index is 2710. The van der Waals surface area contributed by atoms with Crippen LogP contribution in [0.3, 0.4) is 0 Å². The number of benzene rings is 5. The van der Waals surface area contributed by atoms with Gasteiger partial charge in [-0.15, -0.1) is 0 Å². The third kappa shape index (κ3) is 3.66. The fourth-order valence-corrected chi connectivity index (χ4v) is 7.66. The van der Waals surface area contributed by atoms with Crippen LogP contribution in [0.25, 0.3) is 49.3 Å². The normalized spacial score (nSPS) is 13.9. The Morgan fingerprint density at radius 1 is 0.638 bits per heavy atom. The lowest BCUT2D eigenvalue weighted by Crippen LogP contribution is -2.31. The Kier molecular flexibility index (Phi) is 5.24. The van der Waals surface area contributed by atoms with Gasteiger partial charge in [-0.25, -0.2) is 9.97 Å². The SMILES string of the molecule is CC1(C)c2ccc(Oc3ccc4c5ccccc5n5ccnc5c4c3)cc2N(c2ccccn2)c2ccc3oc4ccccc4c3c21. The van der Waals surface area contributed by atoms with E-state index in [-0.39, 0.29) is 5.41 Å². The van der Waals surface area contributed by atoms with Gasteiger partial charge in [0.15, 0.2) is 0 Å². The Morgan fingerprint density at radius 2 is 1.45 bits per heavy atom. The van der Waals surface area contributed by atoms with Gasteiger partial charge in [-0.1, -0.05) is 62.4 Å². The van der Waals surface area contributed by atoms with Crippen LogP contribution in [-0.2, 0) is 5.41 Å². The van der Waals surface area contributed by atoms with E-state index in [4.69, 9.17) is 19.1 Å². The molecule has 6 heteroatoms. The van der Waals surface area contributed by atoms with Gasteiger partial charge >= 0.3 is 0 Å². The number of nitrogens with zero attached hydrogens (tertiary/aromatic N) is 4. The van der Waals surface area contributed by atoms with E-state index in [2.05, 4.69) is 108 Å². The molecular weight excluding hydrogens is 580 g/mol. The number of fused-ring (bicyclic) bond motifs is 12. The fraction of sp³-hybridized carbons (Fsp3) is 0.0732. The maximum absolute atomic E-state index is 6.65. The molecule has 0 atom stereocenters. The zero-order valence-corrected chi connectivity index (χ0v) is 25.8. The van der Waals surface area contributed by atoms with Crippen molar-refractivity contribution in [1.82, 2.24) is 14.4 Å². The summed E-state index contributed by atoms with van der Waals surface area (Å²) in [6, 6.07) is 39.7. The zero-order chi connectivity index (χ0) is 31.3. The molecule has 224 valence electrons. The monoisotopic (exact) mass is 608 g/mol. The molecule has 0 bridgehead atoms. The Balaban J connectivity index is 1.15. The molecule has 47 heavy (non-hydrogen) atoms. The molecule has 1 aliphatic rings. The van der Waals surface area contributed by atoms with Crippen LogP contribution in [0.4, 0.5) is 17.2 Å². The first kappa shape index (κ1) is 26.1. The summed E-state index contributed by atoms with van der Waals surface area (Å²) in [5.41, 5.74) is 8.00. The van der Waals surface area contributed by atoms with E-state index < -0.39 is 0 Å². The van der Waals surface area contributed by atoms with Crippen LogP contribution >= 0.6 is 0 Å². The van der Waals surface area contributed by atoms with E-state index >= 15 is 0 Å². The summed E-state index contributed by atoms with van der Waals surface area (Å²) in [5, 5.41) is 5.64. The van der Waals surface area contributed by atoms with Crippen molar-refractivity contribution in [2.75, 3.05) is 4.90 Å². The van der Waals surface area contributed by atoms with Crippen LogP contribution in [0.1, 0.15) is 25.0 Å². The van der Waals surface area contributed by atoms with Gasteiger partial charge in [-0.3, -0.25) is 9.30 Å². The van der Waals surface area contributed by atoms with Crippen molar-refractivity contribution in [3.63, 3.8) is 0 Å². The number of ether oxygens (including phenoxy) is 1. The van der Waals surface area contributed by atoms with Crippen molar-refractivity contribution in [2.45, 2.75) is 19.3 Å². The lowest BCUT2D eigenvalue weighted by atomic mass is 9.72. The molecule has 0 aliphatic carbocycles. The van der Waals surface area contributed by atoms with E-state index in [1.54, 1.807) is 0 Å². The molecule has 5 aromatic carbocycles. The van der Waals surface area contributed by atoms with Gasteiger partial charge < -0.3 is 9.15 Å². The summed E-state index contributed by atoms with van der Waals surface area (Å²) in [6.45, 7) is 4.59. The molecule has 0 saturated carbocycles. The van der Waals surface area contributed by atoms with Gasteiger partial charge in [0.25, 0.3) is 0 Å². The minimum Gasteiger partial charge on any atom is -0.457 e. The van der Waals surface area contributed by atoms with E-state index in [1.807, 2.05) is 48.9 Å². The number of para-hydroxylation sites is 2. The molecule has 0 unspecified atom stereocenters. The highest BCUT2D eigenvalue weighted by atomic mass is 16.5. The molecule has 10 rings (SSSR count). The Morgan fingerprint density at radius 3 is 2.34 bits per heavy atom. The van der Waals surface area contributed by atoms with Gasteiger partial charge in [0.2, 0.25) is 0 Å². The van der Waals surface area contributed by atoms with Crippen molar-refractivity contribution >= 4 is 66.5 Å². The maximum Gasteiger partial charge on any atom is 0.145 e. The Labute approximate surface area is 270 Å². The van der Waals surface area contributed by atoms with Crippen LogP contribution < -0.4 is 9.64 Å². The number of imidazole rings is 1. The molecule has 5 heterocycles. The topological polar surface area (TPSA) is 55.8 Å². The lowest BCUT2D eigenvalue weighted by Gasteiger charge is -2.42. The molecule has 0 saturated heterocycles. The minimum absolute atomic E-state index is 0.336. The van der Waals surface area contributed by atoms with Crippen molar-refractivity contribution < 1.29 is 9.15 Å². The number of furan rings is 1. The molecular formula is C41H28N4O2. The second-order valence-corrected chi connectivity index (χ2v) is 12.7. The second kappa shape index (κ2) is 9.44. The zero-order valence-electron chi connectivity index (χ0n) is 25.8. The number of hydrogen-bond donors (Lipinski definition) is 0. The molecule has 0 radical (unpaired) electrons. The number of rotatable bonds is 3. The van der Waals surface area contributed by atoms with Crippen LogP contribution in [-0.4, -0.2) is 14.4 Å². The number of pyridine rings is 2. The van der Waals surface area contributed by atoms with Crippen molar-refractivity contribution in [3.05, 3.63) is 145 Å². The van der Waals surface area contributed by atoms with Gasteiger partial charge in [-0.05, 0) is 77.2 Å². The summed E-state index contributed by atoms with van der Waals surface area (Å²) in [7, 11) is 0. The molecule has 6 nitrogen and oxygen atoms in total. The quantitative estimate of drug-likeness (QED) is 0.187. The standard InChI is InChI=1S/C41H28N4O2/c1-41(2)31-17-15-26(46-25-14-16-27-28-9-3-5-11-32(28)44-22-21-43-40(44)30(27)23-25)24-34(31)45(37-13-7-8-20-42-37)33-18-19-36-38(39(33)41)29-10-4-6-12-35(29)47-36/h3-24H,1-2H3. The van der Waals surface area contributed by atoms with Gasteiger partial charge in [0, 0.05) is 51.6 Å². The summed E-state index contributed by atoms with van der Waals surface area (Å²) in [6.07, 6.45) is 5.71. The molecule has 0 amide bonds. The predicted octanol–water partition coefficient (Wildman–Crippen LogP) is 10.8. The molecule has 0 spiro atoms. The highest BCUT2D eigenvalue weighted by Crippen LogP contribution is 2.55. The average molecular weight is 609 g/mol. The predicted molar refractivity (Wildman–Crippen MR) is 189 cm³/mol. The largest absolute Gasteiger partial charge is 0.457 e. The van der Waals surface area contributed by atoms with Crippen LogP contribution in [0.2, 0.25) is 0 Å². The van der Waals surface area contributed by atoms with Gasteiger partial charge in [-0.2, -0.15) is 0 Å². The van der Waals surface area contributed by atoms with E-state index in [0.29, 0.717) is 0 Å². The van der Waals surface area contributed by atoms with Crippen molar-refractivity contribution in [1.29, 1.82) is 0 Å². The van der Waals surface area contributed by atoms with Crippen LogP contribution in [0.5, 0.6) is 11.5 Å². The third-order valence-corrected chi connectivity index (χ3v) is 9.71. The number of hydrogen-bond acceptors (Lipinski definition) is 5. The van der Waals surface area contributed by atoms with Crippen LogP contribution in [0, 0.1) is 0 Å². The second-order valence-electron chi connectivity index (χ2n) is 12.7. The summed E-state index contributed by atoms with van der Waals surface area (Å²) >= 11 is 0. The number of anilines is 3. The first-order valence-electron chi connectivity index (χ1n) is 15.8. The van der Waals surface area contributed by atoms with Crippen LogP contribution in [0.15, 0.2) is 138 Å². The van der Waals surface area contributed by atoms with E-state index in [0.717, 1.165) is 72.6 Å². The molecule has 4 aromatic heterocycles. The minimum atomic E-state index is -0.336. The van der Waals surface area contributed by atoms with E-state index in [9.17, 15) is 0 Å². The molecule has 9 aromatic rings. The lowest BCUT2D eigenvalue weighted by molar-refractivity contribution is 0.482. The molecule has 0 N–H and O–H groups in total. The summed E-state index contributed by atoms with van der Waals surface area (Å²) in [4.78, 5) is 11.8. The average Bonchev–Trinajstić information content (AvgIpc) is 3.75. The highest BCUT2D eigenvalue weighted by molar-refractivity contribution is 6.12. The van der Waals surface area contributed by atoms with E-state index in [1.165, 1.54) is 16.5 Å². The summed E-state index contributed by atoms with van der Waals surface area (Å²) in [5.74, 6) is 2.34. The summed E-state index contributed by atoms with van der Waals surface area (Å²) < 4.78 is 15.1. The van der Waals surface area contributed by atoms with Crippen molar-refractivity contribution in [3.8, 4) is 11.5 Å². The molecule has 0 fully saturated rings. The fourth-order valence-electron chi connectivity index (χ4n) is 7.66. The maximum atomic E-state index is 6.65. The Hall–Kier alpha value is -6.14. The van der Waals surface area contributed by atoms with Gasteiger partial charge in [0.05, 0.1) is 16.9 Å². The first-order chi connectivity index (χ1) is 23.1. The smallest absolute Gasteiger partial charge is 0.145 e. The highest BCUT2D eigenvalue weighted by Gasteiger charge is 2.40. The van der Waals surface area contributed by atoms with Crippen molar-refractivity contribution in [2.24, 2.45) is 0 Å².